The predicted molar refractivity (Wildman–Crippen MR) is 127 cm³/mol. The van der Waals surface area contributed by atoms with E-state index in [4.69, 9.17) is 21.1 Å². The fourth-order valence-electron chi connectivity index (χ4n) is 5.12. The summed E-state index contributed by atoms with van der Waals surface area (Å²) in [5, 5.41) is 0.706. The molecular formula is C26H31ClN2O3. The molecule has 3 aliphatic rings. The van der Waals surface area contributed by atoms with Crippen molar-refractivity contribution in [2.24, 2.45) is 0 Å². The highest BCUT2D eigenvalue weighted by molar-refractivity contribution is 6.32. The molecule has 0 aliphatic carbocycles. The SMILES string of the molecule is Cc1ccc(N2CC3(CCN(Cc4cc(Cl)c5c(c4)C(C)(C)CCO5)CC3)OC2=O)cc1. The van der Waals surface area contributed by atoms with Gasteiger partial charge in [0.2, 0.25) is 0 Å². The summed E-state index contributed by atoms with van der Waals surface area (Å²) in [5.74, 6) is 0.846. The largest absolute Gasteiger partial charge is 0.492 e. The van der Waals surface area contributed by atoms with Gasteiger partial charge in [0.05, 0.1) is 18.2 Å². The number of ether oxygens (including phenoxy) is 2. The molecule has 0 aromatic heterocycles. The van der Waals surface area contributed by atoms with Gasteiger partial charge in [-0.3, -0.25) is 9.80 Å². The average Bonchev–Trinajstić information content (AvgIpc) is 3.07. The predicted octanol–water partition coefficient (Wildman–Crippen LogP) is 5.70. The molecule has 3 heterocycles. The number of halogens is 1. The van der Waals surface area contributed by atoms with E-state index in [0.717, 1.165) is 50.3 Å². The Kier molecular flexibility index (Phi) is 5.37. The minimum atomic E-state index is -0.387. The van der Waals surface area contributed by atoms with Crippen LogP contribution in [0.4, 0.5) is 10.5 Å². The lowest BCUT2D eigenvalue weighted by Gasteiger charge is -2.38. The van der Waals surface area contributed by atoms with Crippen molar-refractivity contribution in [2.75, 3.05) is 31.1 Å². The van der Waals surface area contributed by atoms with Gasteiger partial charge in [-0.2, -0.15) is 0 Å². The van der Waals surface area contributed by atoms with Crippen LogP contribution in [0.2, 0.25) is 5.02 Å². The standard InChI is InChI=1S/C26H31ClN2O3/c1-18-4-6-20(7-5-18)29-17-26(32-24(29)30)8-11-28(12-9-26)16-19-14-21-23(22(27)15-19)31-13-10-25(21,2)3/h4-7,14-15H,8-13,16-17H2,1-3H3. The lowest BCUT2D eigenvalue weighted by molar-refractivity contribution is -0.000982. The third kappa shape index (κ3) is 3.97. The first-order chi connectivity index (χ1) is 15.2. The van der Waals surface area contributed by atoms with Crippen molar-refractivity contribution in [2.45, 2.75) is 57.6 Å². The van der Waals surface area contributed by atoms with Gasteiger partial charge in [0.15, 0.2) is 0 Å². The molecule has 6 heteroatoms. The summed E-state index contributed by atoms with van der Waals surface area (Å²) in [4.78, 5) is 16.8. The van der Waals surface area contributed by atoms with Gasteiger partial charge in [-0.15, -0.1) is 0 Å². The summed E-state index contributed by atoms with van der Waals surface area (Å²) in [7, 11) is 0. The highest BCUT2D eigenvalue weighted by Gasteiger charge is 2.47. The van der Waals surface area contributed by atoms with Crippen LogP contribution in [0.3, 0.4) is 0 Å². The smallest absolute Gasteiger partial charge is 0.415 e. The second-order valence-electron chi connectivity index (χ2n) is 10.2. The Labute approximate surface area is 195 Å². The molecule has 2 aromatic rings. The zero-order valence-electron chi connectivity index (χ0n) is 19.1. The van der Waals surface area contributed by atoms with E-state index in [9.17, 15) is 4.79 Å². The van der Waals surface area contributed by atoms with E-state index in [0.29, 0.717) is 18.2 Å². The van der Waals surface area contributed by atoms with Crippen molar-refractivity contribution in [1.29, 1.82) is 0 Å². The second kappa shape index (κ2) is 7.96. The molecule has 0 N–H and O–H groups in total. The highest BCUT2D eigenvalue weighted by Crippen LogP contribution is 2.43. The quantitative estimate of drug-likeness (QED) is 0.596. The number of aryl methyl sites for hydroxylation is 1. The van der Waals surface area contributed by atoms with Crippen LogP contribution in [0.15, 0.2) is 36.4 Å². The average molecular weight is 455 g/mol. The van der Waals surface area contributed by atoms with Crippen LogP contribution in [-0.4, -0.2) is 42.8 Å². The Hall–Kier alpha value is -2.24. The molecule has 5 nitrogen and oxygen atoms in total. The number of benzene rings is 2. The zero-order valence-corrected chi connectivity index (χ0v) is 19.9. The van der Waals surface area contributed by atoms with Gasteiger partial charge >= 0.3 is 6.09 Å². The van der Waals surface area contributed by atoms with Crippen molar-refractivity contribution in [3.63, 3.8) is 0 Å². The number of carbonyl (C=O) groups is 1. The molecule has 1 amide bonds. The van der Waals surface area contributed by atoms with Crippen LogP contribution in [0.5, 0.6) is 5.75 Å². The molecule has 1 spiro atoms. The molecular weight excluding hydrogens is 424 g/mol. The number of hydrogen-bond acceptors (Lipinski definition) is 4. The van der Waals surface area contributed by atoms with Gasteiger partial charge in [0.1, 0.15) is 11.4 Å². The molecule has 2 saturated heterocycles. The van der Waals surface area contributed by atoms with Crippen LogP contribution in [0.25, 0.3) is 0 Å². The minimum Gasteiger partial charge on any atom is -0.492 e. The van der Waals surface area contributed by atoms with Crippen molar-refractivity contribution in [3.05, 3.63) is 58.1 Å². The maximum Gasteiger partial charge on any atom is 0.415 e. The molecule has 0 saturated carbocycles. The molecule has 32 heavy (non-hydrogen) atoms. The highest BCUT2D eigenvalue weighted by atomic mass is 35.5. The van der Waals surface area contributed by atoms with Crippen LogP contribution >= 0.6 is 11.6 Å². The van der Waals surface area contributed by atoms with E-state index in [-0.39, 0.29) is 17.1 Å². The third-order valence-electron chi connectivity index (χ3n) is 7.30. The molecule has 0 radical (unpaired) electrons. The fourth-order valence-corrected chi connectivity index (χ4v) is 5.41. The lowest BCUT2D eigenvalue weighted by Crippen LogP contribution is -2.46. The normalized spacial score (nSPS) is 21.9. The van der Waals surface area contributed by atoms with Crippen molar-refractivity contribution in [1.82, 2.24) is 4.90 Å². The molecule has 170 valence electrons. The Morgan fingerprint density at radius 3 is 2.50 bits per heavy atom. The van der Waals surface area contributed by atoms with E-state index in [2.05, 4.69) is 24.8 Å². The van der Waals surface area contributed by atoms with E-state index in [1.165, 1.54) is 16.7 Å². The van der Waals surface area contributed by atoms with Crippen molar-refractivity contribution < 1.29 is 14.3 Å². The Bertz CT molecular complexity index is 1030. The summed E-state index contributed by atoms with van der Waals surface area (Å²) in [6.45, 7) is 10.5. The summed E-state index contributed by atoms with van der Waals surface area (Å²) in [6.07, 6.45) is 2.45. The molecule has 2 aromatic carbocycles. The topological polar surface area (TPSA) is 42.0 Å². The number of fused-ring (bicyclic) bond motifs is 1. The van der Waals surface area contributed by atoms with Crippen LogP contribution in [0, 0.1) is 6.92 Å². The Morgan fingerprint density at radius 2 is 1.78 bits per heavy atom. The molecule has 5 rings (SSSR count). The Morgan fingerprint density at radius 1 is 1.06 bits per heavy atom. The second-order valence-corrected chi connectivity index (χ2v) is 10.6. The van der Waals surface area contributed by atoms with Gasteiger partial charge in [-0.1, -0.05) is 49.2 Å². The third-order valence-corrected chi connectivity index (χ3v) is 7.58. The van der Waals surface area contributed by atoms with E-state index in [1.54, 1.807) is 4.90 Å². The van der Waals surface area contributed by atoms with Crippen molar-refractivity contribution in [3.8, 4) is 5.75 Å². The van der Waals surface area contributed by atoms with Crippen LogP contribution in [0.1, 0.15) is 49.8 Å². The van der Waals surface area contributed by atoms with E-state index in [1.807, 2.05) is 37.3 Å². The number of nitrogens with zero attached hydrogens (tertiary/aromatic N) is 2. The number of likely N-dealkylation sites (tertiary alicyclic amines) is 1. The molecule has 0 bridgehead atoms. The van der Waals surface area contributed by atoms with E-state index >= 15 is 0 Å². The van der Waals surface area contributed by atoms with Gasteiger partial charge in [-0.25, -0.2) is 4.79 Å². The van der Waals surface area contributed by atoms with Gasteiger partial charge in [0, 0.05) is 43.7 Å². The van der Waals surface area contributed by atoms with Crippen LogP contribution < -0.4 is 9.64 Å². The number of anilines is 1. The number of amides is 1. The zero-order chi connectivity index (χ0) is 22.5. The maximum atomic E-state index is 12.6. The summed E-state index contributed by atoms with van der Waals surface area (Å²) in [6, 6.07) is 12.4. The van der Waals surface area contributed by atoms with Crippen molar-refractivity contribution >= 4 is 23.4 Å². The monoisotopic (exact) mass is 454 g/mol. The number of hydrogen-bond donors (Lipinski definition) is 0. The fraction of sp³-hybridized carbons (Fsp3) is 0.500. The molecule has 0 unspecified atom stereocenters. The summed E-state index contributed by atoms with van der Waals surface area (Å²) < 4.78 is 11.8. The lowest BCUT2D eigenvalue weighted by atomic mass is 9.79. The summed E-state index contributed by atoms with van der Waals surface area (Å²) in [5.41, 5.74) is 4.19. The molecule has 0 atom stereocenters. The van der Waals surface area contributed by atoms with E-state index < -0.39 is 0 Å². The number of piperidine rings is 1. The van der Waals surface area contributed by atoms with Gasteiger partial charge < -0.3 is 9.47 Å². The number of rotatable bonds is 3. The van der Waals surface area contributed by atoms with Gasteiger partial charge in [0.25, 0.3) is 0 Å². The Balaban J connectivity index is 1.25. The number of carbonyl (C=O) groups excluding carboxylic acids is 1. The minimum absolute atomic E-state index is 0.0661. The molecule has 2 fully saturated rings. The molecule has 3 aliphatic heterocycles. The van der Waals surface area contributed by atoms with Crippen LogP contribution in [-0.2, 0) is 16.7 Å². The first kappa shape index (κ1) is 21.6. The first-order valence-corrected chi connectivity index (χ1v) is 11.9. The van der Waals surface area contributed by atoms with Gasteiger partial charge in [-0.05, 0) is 42.5 Å². The summed E-state index contributed by atoms with van der Waals surface area (Å²) >= 11 is 6.58. The first-order valence-electron chi connectivity index (χ1n) is 11.5. The maximum absolute atomic E-state index is 12.6.